The molecule has 2 aliphatic heterocycles. The van der Waals surface area contributed by atoms with E-state index in [0.717, 1.165) is 6.42 Å². The zero-order chi connectivity index (χ0) is 18.4. The molecule has 2 heterocycles. The molecule has 2 saturated heterocycles. The zero-order valence-electron chi connectivity index (χ0n) is 14.6. The molecule has 2 aliphatic rings. The van der Waals surface area contributed by atoms with Gasteiger partial charge < -0.3 is 9.64 Å². The first-order valence-corrected chi connectivity index (χ1v) is 10.6. The van der Waals surface area contributed by atoms with Crippen molar-refractivity contribution >= 4 is 33.0 Å². The van der Waals surface area contributed by atoms with E-state index in [0.29, 0.717) is 16.5 Å². The molecule has 0 radical (unpaired) electrons. The molecular formula is C17H23ClN2O4S. The monoisotopic (exact) mass is 386 g/mol. The Bertz CT molecular complexity index is 783. The van der Waals surface area contributed by atoms with Gasteiger partial charge >= 0.3 is 0 Å². The van der Waals surface area contributed by atoms with Crippen molar-refractivity contribution in [1.29, 1.82) is 0 Å². The quantitative estimate of drug-likeness (QED) is 0.791. The fourth-order valence-electron chi connectivity index (χ4n) is 3.77. The van der Waals surface area contributed by atoms with Crippen molar-refractivity contribution in [3.63, 3.8) is 0 Å². The summed E-state index contributed by atoms with van der Waals surface area (Å²) in [5, 5.41) is 0.398. The summed E-state index contributed by atoms with van der Waals surface area (Å²) < 4.78 is 29.7. The van der Waals surface area contributed by atoms with Gasteiger partial charge in [0.25, 0.3) is 0 Å². The third kappa shape index (κ3) is 3.37. The number of carbonyl (C=O) groups is 1. The van der Waals surface area contributed by atoms with Gasteiger partial charge in [-0.25, -0.2) is 8.42 Å². The van der Waals surface area contributed by atoms with Crippen molar-refractivity contribution < 1.29 is 17.9 Å². The Labute approximate surface area is 153 Å². The summed E-state index contributed by atoms with van der Waals surface area (Å²) in [7, 11) is -1.66. The number of amides is 1. The lowest BCUT2D eigenvalue weighted by molar-refractivity contribution is -0.124. The molecule has 1 unspecified atom stereocenters. The predicted octanol–water partition coefficient (Wildman–Crippen LogP) is 1.96. The highest BCUT2D eigenvalue weighted by molar-refractivity contribution is 7.91. The van der Waals surface area contributed by atoms with E-state index in [9.17, 15) is 13.2 Å². The molecular weight excluding hydrogens is 364 g/mol. The highest BCUT2D eigenvalue weighted by Gasteiger charge is 2.50. The minimum Gasteiger partial charge on any atom is -0.495 e. The molecule has 6 nitrogen and oxygen atoms in total. The second-order valence-electron chi connectivity index (χ2n) is 6.72. The molecule has 3 rings (SSSR count). The number of benzene rings is 1. The Morgan fingerprint density at radius 1 is 1.32 bits per heavy atom. The summed E-state index contributed by atoms with van der Waals surface area (Å²) in [5.74, 6) is 0.502. The second-order valence-corrected chi connectivity index (χ2v) is 9.28. The number of hydrogen-bond acceptors (Lipinski definition) is 5. The molecule has 0 aromatic heterocycles. The van der Waals surface area contributed by atoms with E-state index in [1.807, 2.05) is 18.7 Å². The molecule has 0 aliphatic carbocycles. The predicted molar refractivity (Wildman–Crippen MR) is 98.2 cm³/mol. The average Bonchev–Trinajstić information content (AvgIpc) is 2.88. The van der Waals surface area contributed by atoms with Gasteiger partial charge in [0, 0.05) is 17.8 Å². The number of rotatable bonds is 4. The van der Waals surface area contributed by atoms with Gasteiger partial charge in [-0.1, -0.05) is 18.5 Å². The fraction of sp³-hybridized carbons (Fsp3) is 0.588. The molecule has 25 heavy (non-hydrogen) atoms. The van der Waals surface area contributed by atoms with Crippen LogP contribution in [0.5, 0.6) is 5.75 Å². The summed E-state index contributed by atoms with van der Waals surface area (Å²) in [5.41, 5.74) is 0.617. The summed E-state index contributed by atoms with van der Waals surface area (Å²) >= 11 is 6.21. The number of nitrogens with zero attached hydrogens (tertiary/aromatic N) is 2. The normalized spacial score (nSPS) is 27.2. The molecule has 1 aromatic carbocycles. The number of carbonyl (C=O) groups excluding carboxylic acids is 1. The molecule has 138 valence electrons. The minimum atomic E-state index is -3.18. The second kappa shape index (κ2) is 6.78. The van der Waals surface area contributed by atoms with Crippen LogP contribution >= 0.6 is 11.6 Å². The molecule has 8 heteroatoms. The average molecular weight is 387 g/mol. The SMILES string of the molecule is CCC(C)N1CC(=O)N(c2ccc(OC)c(Cl)c2)[C@@H]2CS(=O)(=O)C[C@@H]21. The Hall–Kier alpha value is -1.31. The van der Waals surface area contributed by atoms with Crippen LogP contribution in [0.4, 0.5) is 5.69 Å². The van der Waals surface area contributed by atoms with Crippen molar-refractivity contribution in [3.8, 4) is 5.75 Å². The maximum absolute atomic E-state index is 12.9. The van der Waals surface area contributed by atoms with Crippen molar-refractivity contribution in [2.75, 3.05) is 30.1 Å². The van der Waals surface area contributed by atoms with Crippen LogP contribution in [0.2, 0.25) is 5.02 Å². The van der Waals surface area contributed by atoms with Crippen LogP contribution in [-0.4, -0.2) is 62.5 Å². The number of methoxy groups -OCH3 is 1. The van der Waals surface area contributed by atoms with Crippen molar-refractivity contribution in [3.05, 3.63) is 23.2 Å². The maximum Gasteiger partial charge on any atom is 0.241 e. The number of ether oxygens (including phenoxy) is 1. The van der Waals surface area contributed by atoms with Gasteiger partial charge in [-0.05, 0) is 31.5 Å². The van der Waals surface area contributed by atoms with E-state index in [2.05, 4.69) is 0 Å². The molecule has 0 N–H and O–H groups in total. The number of hydrogen-bond donors (Lipinski definition) is 0. The fourth-order valence-corrected chi connectivity index (χ4v) is 5.98. The summed E-state index contributed by atoms with van der Waals surface area (Å²) in [4.78, 5) is 16.5. The van der Waals surface area contributed by atoms with E-state index in [1.54, 1.807) is 23.1 Å². The summed E-state index contributed by atoms with van der Waals surface area (Å²) in [6, 6.07) is 4.71. The number of sulfone groups is 1. The van der Waals surface area contributed by atoms with Gasteiger partial charge in [-0.3, -0.25) is 9.69 Å². The van der Waals surface area contributed by atoms with Crippen LogP contribution < -0.4 is 9.64 Å². The summed E-state index contributed by atoms with van der Waals surface area (Å²) in [6.07, 6.45) is 0.866. The zero-order valence-corrected chi connectivity index (χ0v) is 16.2. The molecule has 1 aromatic rings. The highest BCUT2D eigenvalue weighted by Crippen LogP contribution is 2.36. The third-order valence-electron chi connectivity index (χ3n) is 5.21. The van der Waals surface area contributed by atoms with Gasteiger partial charge in [-0.2, -0.15) is 0 Å². The number of piperazine rings is 1. The number of anilines is 1. The molecule has 1 amide bonds. The largest absolute Gasteiger partial charge is 0.495 e. The van der Waals surface area contributed by atoms with Crippen molar-refractivity contribution in [1.82, 2.24) is 4.90 Å². The first kappa shape index (κ1) is 18.5. The molecule has 0 saturated carbocycles. The van der Waals surface area contributed by atoms with Crippen LogP contribution in [0.3, 0.4) is 0 Å². The Balaban J connectivity index is 2.00. The van der Waals surface area contributed by atoms with Crippen molar-refractivity contribution in [2.45, 2.75) is 38.4 Å². The first-order chi connectivity index (χ1) is 11.8. The lowest BCUT2D eigenvalue weighted by Crippen LogP contribution is -2.63. The van der Waals surface area contributed by atoms with E-state index in [-0.39, 0.29) is 42.1 Å². The molecule has 3 atom stereocenters. The maximum atomic E-state index is 12.9. The van der Waals surface area contributed by atoms with Crippen LogP contribution in [0.1, 0.15) is 20.3 Å². The third-order valence-corrected chi connectivity index (χ3v) is 7.20. The topological polar surface area (TPSA) is 66.9 Å². The number of halogens is 1. The lowest BCUT2D eigenvalue weighted by Gasteiger charge is -2.45. The van der Waals surface area contributed by atoms with Gasteiger partial charge in [0.2, 0.25) is 5.91 Å². The Morgan fingerprint density at radius 3 is 2.60 bits per heavy atom. The van der Waals surface area contributed by atoms with Crippen LogP contribution in [0.25, 0.3) is 0 Å². The molecule has 2 fully saturated rings. The number of fused-ring (bicyclic) bond motifs is 1. The highest BCUT2D eigenvalue weighted by atomic mass is 35.5. The van der Waals surface area contributed by atoms with Crippen LogP contribution in [0, 0.1) is 0 Å². The lowest BCUT2D eigenvalue weighted by atomic mass is 10.00. The van der Waals surface area contributed by atoms with Gasteiger partial charge in [0.05, 0.1) is 36.2 Å². The van der Waals surface area contributed by atoms with E-state index in [1.165, 1.54) is 7.11 Å². The Morgan fingerprint density at radius 2 is 2.00 bits per heavy atom. The molecule has 0 bridgehead atoms. The minimum absolute atomic E-state index is 0.0139. The van der Waals surface area contributed by atoms with Crippen molar-refractivity contribution in [2.24, 2.45) is 0 Å². The Kier molecular flexibility index (Phi) is 5.01. The first-order valence-electron chi connectivity index (χ1n) is 8.39. The van der Waals surface area contributed by atoms with Gasteiger partial charge in [0.15, 0.2) is 9.84 Å². The summed E-state index contributed by atoms with van der Waals surface area (Å²) in [6.45, 7) is 4.30. The van der Waals surface area contributed by atoms with E-state index in [4.69, 9.17) is 16.3 Å². The van der Waals surface area contributed by atoms with Gasteiger partial charge in [-0.15, -0.1) is 0 Å². The van der Waals surface area contributed by atoms with Crippen LogP contribution in [0.15, 0.2) is 18.2 Å². The van der Waals surface area contributed by atoms with Gasteiger partial charge in [0.1, 0.15) is 5.75 Å². The smallest absolute Gasteiger partial charge is 0.241 e. The van der Waals surface area contributed by atoms with Crippen LogP contribution in [-0.2, 0) is 14.6 Å². The van der Waals surface area contributed by atoms with E-state index < -0.39 is 9.84 Å². The standard InChI is InChI=1S/C17H23ClN2O4S/c1-4-11(2)19-8-17(21)20(15-10-25(22,23)9-14(15)19)12-5-6-16(24-3)13(18)7-12/h5-7,11,14-15H,4,8-10H2,1-3H3/t11?,14-,15+/m0/s1. The van der Waals surface area contributed by atoms with E-state index >= 15 is 0 Å². The molecule has 0 spiro atoms.